The molecule has 0 atom stereocenters. The summed E-state index contributed by atoms with van der Waals surface area (Å²) in [6, 6.07) is 18.9. The second kappa shape index (κ2) is 8.46. The van der Waals surface area contributed by atoms with Crippen LogP contribution in [0.3, 0.4) is 0 Å². The van der Waals surface area contributed by atoms with E-state index in [1.54, 1.807) is 49.4 Å². The number of nitrogens with one attached hydrogen (secondary N) is 3. The zero-order chi connectivity index (χ0) is 23.8. The Morgan fingerprint density at radius 1 is 1.00 bits per heavy atom. The highest BCUT2D eigenvalue weighted by molar-refractivity contribution is 7.89. The van der Waals surface area contributed by atoms with Gasteiger partial charge in [-0.15, -0.1) is 0 Å². The van der Waals surface area contributed by atoms with E-state index in [0.29, 0.717) is 24.1 Å². The first-order valence-corrected chi connectivity index (χ1v) is 12.0. The largest absolute Gasteiger partial charge is 0.507 e. The number of phenolic OH excluding ortho intramolecular Hbond substituents is 1. The van der Waals surface area contributed by atoms with Crippen molar-refractivity contribution in [1.29, 1.82) is 5.41 Å². The van der Waals surface area contributed by atoms with Gasteiger partial charge in [-0.3, -0.25) is 4.79 Å². The molecule has 1 fully saturated rings. The third-order valence-corrected chi connectivity index (χ3v) is 7.46. The van der Waals surface area contributed by atoms with E-state index < -0.39 is 15.4 Å². The highest BCUT2D eigenvalue weighted by atomic mass is 32.2. The van der Waals surface area contributed by atoms with Crippen molar-refractivity contribution in [3.05, 3.63) is 77.9 Å². The van der Waals surface area contributed by atoms with Crippen LogP contribution in [0.2, 0.25) is 0 Å². The number of amides is 1. The molecule has 33 heavy (non-hydrogen) atoms. The Morgan fingerprint density at radius 3 is 2.30 bits per heavy atom. The summed E-state index contributed by atoms with van der Waals surface area (Å²) in [5.41, 5.74) is 3.10. The maximum Gasteiger partial charge on any atom is 0.240 e. The van der Waals surface area contributed by atoms with Crippen LogP contribution in [-0.2, 0) is 20.2 Å². The first-order valence-electron chi connectivity index (χ1n) is 10.5. The molecule has 4 N–H and O–H groups in total. The summed E-state index contributed by atoms with van der Waals surface area (Å²) in [6.45, 7) is 1.60. The molecule has 1 amide bonds. The quantitative estimate of drug-likeness (QED) is 0.396. The predicted molar refractivity (Wildman–Crippen MR) is 128 cm³/mol. The molecule has 3 aromatic carbocycles. The van der Waals surface area contributed by atoms with Crippen molar-refractivity contribution in [2.24, 2.45) is 0 Å². The van der Waals surface area contributed by atoms with Gasteiger partial charge in [0.05, 0.1) is 10.3 Å². The van der Waals surface area contributed by atoms with Gasteiger partial charge in [0.1, 0.15) is 5.75 Å². The minimum absolute atomic E-state index is 0.0312. The Bertz CT molecular complexity index is 1340. The van der Waals surface area contributed by atoms with Gasteiger partial charge in [0, 0.05) is 17.0 Å². The molecule has 0 unspecified atom stereocenters. The summed E-state index contributed by atoms with van der Waals surface area (Å²) in [5.74, 6) is -0.0990. The van der Waals surface area contributed by atoms with Gasteiger partial charge >= 0.3 is 0 Å². The van der Waals surface area contributed by atoms with Gasteiger partial charge in [0.15, 0.2) is 0 Å². The number of phenols is 1. The fraction of sp³-hybridized carbons (Fsp3) is 0.200. The third kappa shape index (κ3) is 4.40. The van der Waals surface area contributed by atoms with Gasteiger partial charge < -0.3 is 15.8 Å². The number of carbonyl (C=O) groups is 1. The van der Waals surface area contributed by atoms with Crippen molar-refractivity contribution in [1.82, 2.24) is 4.72 Å². The molecule has 0 spiro atoms. The van der Waals surface area contributed by atoms with Crippen LogP contribution in [0.4, 0.5) is 5.69 Å². The Balaban J connectivity index is 1.56. The summed E-state index contributed by atoms with van der Waals surface area (Å²) >= 11 is 0. The van der Waals surface area contributed by atoms with E-state index in [0.717, 1.165) is 16.7 Å². The number of benzene rings is 3. The maximum atomic E-state index is 13.2. The predicted octanol–water partition coefficient (Wildman–Crippen LogP) is 4.03. The average Bonchev–Trinajstić information content (AvgIpc) is 3.62. The molecule has 170 valence electrons. The van der Waals surface area contributed by atoms with Crippen LogP contribution in [0.1, 0.15) is 30.9 Å². The monoisotopic (exact) mass is 463 g/mol. The lowest BCUT2D eigenvalue weighted by Gasteiger charge is -2.18. The first-order chi connectivity index (χ1) is 15.7. The second-order valence-corrected chi connectivity index (χ2v) is 10.1. The number of carbonyl (C=O) groups excluding carboxylic acids is 1. The van der Waals surface area contributed by atoms with E-state index >= 15 is 0 Å². The molecule has 0 heterocycles. The fourth-order valence-corrected chi connectivity index (χ4v) is 4.61. The SMILES string of the molecule is CNS(=O)(=O)c1ccc(-c2cccc(NC(=O)C3(c4ccc(O)c(C(C)=N)c4)CC3)c2)cc1. The van der Waals surface area contributed by atoms with Crippen LogP contribution in [0.15, 0.2) is 71.6 Å². The summed E-state index contributed by atoms with van der Waals surface area (Å²) in [6.07, 6.45) is 1.39. The second-order valence-electron chi connectivity index (χ2n) is 8.21. The summed E-state index contributed by atoms with van der Waals surface area (Å²) in [4.78, 5) is 13.4. The van der Waals surface area contributed by atoms with Crippen molar-refractivity contribution >= 4 is 27.3 Å². The van der Waals surface area contributed by atoms with Gasteiger partial charge in [-0.1, -0.05) is 30.3 Å². The van der Waals surface area contributed by atoms with Gasteiger partial charge in [0.2, 0.25) is 15.9 Å². The number of hydrogen-bond donors (Lipinski definition) is 4. The molecule has 0 aliphatic heterocycles. The smallest absolute Gasteiger partial charge is 0.240 e. The molecular weight excluding hydrogens is 438 g/mol. The van der Waals surface area contributed by atoms with E-state index in [-0.39, 0.29) is 22.3 Å². The van der Waals surface area contributed by atoms with Gasteiger partial charge in [-0.2, -0.15) is 0 Å². The standard InChI is InChI=1S/C25H25N3O4S/c1-16(26)22-15-19(8-11-23(22)29)25(12-13-25)24(30)28-20-5-3-4-18(14-20)17-6-9-21(10-7-17)33(31,32)27-2/h3-11,14-15,26-27,29H,12-13H2,1-2H3,(H,28,30). The molecule has 0 bridgehead atoms. The number of aromatic hydroxyl groups is 1. The highest BCUT2D eigenvalue weighted by Gasteiger charge is 2.51. The molecule has 3 aromatic rings. The number of anilines is 1. The molecule has 7 nitrogen and oxygen atoms in total. The van der Waals surface area contributed by atoms with Crippen molar-refractivity contribution in [3.63, 3.8) is 0 Å². The Morgan fingerprint density at radius 2 is 1.70 bits per heavy atom. The topological polar surface area (TPSA) is 119 Å². The van der Waals surface area contributed by atoms with Crippen LogP contribution in [0, 0.1) is 5.41 Å². The number of rotatable bonds is 7. The van der Waals surface area contributed by atoms with Gasteiger partial charge in [-0.05, 0) is 79.9 Å². The lowest BCUT2D eigenvalue weighted by Crippen LogP contribution is -2.28. The Labute approximate surface area is 193 Å². The summed E-state index contributed by atoms with van der Waals surface area (Å²) in [5, 5.41) is 20.9. The molecule has 0 saturated heterocycles. The van der Waals surface area contributed by atoms with E-state index in [4.69, 9.17) is 5.41 Å². The van der Waals surface area contributed by atoms with Crippen molar-refractivity contribution in [2.45, 2.75) is 30.1 Å². The van der Waals surface area contributed by atoms with Gasteiger partial charge in [-0.25, -0.2) is 13.1 Å². The van der Waals surface area contributed by atoms with Crippen LogP contribution in [0.25, 0.3) is 11.1 Å². The average molecular weight is 464 g/mol. The lowest BCUT2D eigenvalue weighted by molar-refractivity contribution is -0.118. The van der Waals surface area contributed by atoms with Gasteiger partial charge in [0.25, 0.3) is 0 Å². The third-order valence-electron chi connectivity index (χ3n) is 6.02. The fourth-order valence-electron chi connectivity index (χ4n) is 3.88. The first kappa shape index (κ1) is 22.7. The molecule has 0 aromatic heterocycles. The molecule has 1 aliphatic rings. The zero-order valence-corrected chi connectivity index (χ0v) is 19.2. The molecule has 0 radical (unpaired) electrons. The Kier molecular flexibility index (Phi) is 5.82. The molecular formula is C25H25N3O4S. The molecule has 4 rings (SSSR count). The van der Waals surface area contributed by atoms with Crippen molar-refractivity contribution in [3.8, 4) is 16.9 Å². The van der Waals surface area contributed by atoms with Crippen LogP contribution < -0.4 is 10.0 Å². The molecule has 1 aliphatic carbocycles. The van der Waals surface area contributed by atoms with Crippen molar-refractivity contribution in [2.75, 3.05) is 12.4 Å². The van der Waals surface area contributed by atoms with Crippen LogP contribution >= 0.6 is 0 Å². The number of hydrogen-bond acceptors (Lipinski definition) is 5. The highest BCUT2D eigenvalue weighted by Crippen LogP contribution is 2.49. The van der Waals surface area contributed by atoms with Crippen molar-refractivity contribution < 1.29 is 18.3 Å². The minimum atomic E-state index is -3.50. The van der Waals surface area contributed by atoms with E-state index in [1.165, 1.54) is 13.1 Å². The molecule has 1 saturated carbocycles. The normalized spacial score (nSPS) is 14.5. The summed E-state index contributed by atoms with van der Waals surface area (Å²) < 4.78 is 26.2. The maximum absolute atomic E-state index is 13.2. The van der Waals surface area contributed by atoms with E-state index in [1.807, 2.05) is 18.2 Å². The van der Waals surface area contributed by atoms with Crippen LogP contribution in [0.5, 0.6) is 5.75 Å². The van der Waals surface area contributed by atoms with E-state index in [9.17, 15) is 18.3 Å². The van der Waals surface area contributed by atoms with E-state index in [2.05, 4.69) is 10.0 Å². The lowest BCUT2D eigenvalue weighted by atomic mass is 9.92. The number of sulfonamides is 1. The summed E-state index contributed by atoms with van der Waals surface area (Å²) in [7, 11) is -2.14. The molecule has 8 heteroatoms. The zero-order valence-electron chi connectivity index (χ0n) is 18.3. The Hall–Kier alpha value is -3.49. The minimum Gasteiger partial charge on any atom is -0.507 e. The van der Waals surface area contributed by atoms with Crippen LogP contribution in [-0.4, -0.2) is 32.2 Å².